The fourth-order valence-electron chi connectivity index (χ4n) is 8.21. The molecule has 11 rings (SSSR count). The van der Waals surface area contributed by atoms with Crippen LogP contribution in [-0.2, 0) is 0 Å². The van der Waals surface area contributed by atoms with Gasteiger partial charge in [-0.15, -0.1) is 11.3 Å². The predicted molar refractivity (Wildman–Crippen MR) is 249 cm³/mol. The zero-order valence-corrected chi connectivity index (χ0v) is 32.8. The topological polar surface area (TPSA) is 29.3 Å². The molecule has 0 aliphatic heterocycles. The summed E-state index contributed by atoms with van der Waals surface area (Å²) in [6.07, 6.45) is 0. The molecule has 0 amide bonds. The highest BCUT2D eigenvalue weighted by Crippen LogP contribution is 2.43. The van der Waals surface area contributed by atoms with Crippen LogP contribution in [0.5, 0.6) is 0 Å². The molecule has 0 radical (unpaired) electrons. The van der Waals surface area contributed by atoms with E-state index in [1.807, 2.05) is 6.07 Å². The van der Waals surface area contributed by atoms with Gasteiger partial charge in [-0.2, -0.15) is 0 Å². The van der Waals surface area contributed by atoms with Gasteiger partial charge in [0.2, 0.25) is 0 Å². The first-order chi connectivity index (χ1) is 29.2. The van der Waals surface area contributed by atoms with E-state index in [2.05, 4.69) is 217 Å². The van der Waals surface area contributed by atoms with Crippen molar-refractivity contribution >= 4 is 60.6 Å². The average molecular weight is 773 g/mol. The third kappa shape index (κ3) is 6.46. The number of anilines is 3. The molecule has 0 saturated heterocycles. The first-order valence-electron chi connectivity index (χ1n) is 19.9. The summed E-state index contributed by atoms with van der Waals surface area (Å²) < 4.78 is 7.67. The lowest BCUT2D eigenvalue weighted by molar-refractivity contribution is 0.669. The summed E-state index contributed by atoms with van der Waals surface area (Å²) in [6, 6.07) is 77.6. The number of aromatic nitrogens is 1. The molecule has 3 nitrogen and oxygen atoms in total. The number of hydrogen-bond donors (Lipinski definition) is 0. The Morgan fingerprint density at radius 3 is 1.51 bits per heavy atom. The van der Waals surface area contributed by atoms with E-state index in [0.29, 0.717) is 0 Å². The normalized spacial score (nSPS) is 11.4. The maximum absolute atomic E-state index is 6.52. The second kappa shape index (κ2) is 14.8. The van der Waals surface area contributed by atoms with Gasteiger partial charge in [0.25, 0.3) is 0 Å². The van der Waals surface area contributed by atoms with Crippen molar-refractivity contribution in [2.45, 2.75) is 0 Å². The Labute approximate surface area is 346 Å². The molecule has 0 aliphatic rings. The summed E-state index contributed by atoms with van der Waals surface area (Å²) in [5.41, 5.74) is 16.5. The van der Waals surface area contributed by atoms with Crippen LogP contribution in [0.2, 0.25) is 0 Å². The lowest BCUT2D eigenvalue weighted by Crippen LogP contribution is -2.10. The molecule has 278 valence electrons. The molecule has 2 aromatic heterocycles. The number of rotatable bonds is 8. The molecule has 9 aromatic carbocycles. The van der Waals surface area contributed by atoms with E-state index in [1.54, 1.807) is 11.3 Å². The molecule has 11 aromatic rings. The van der Waals surface area contributed by atoms with E-state index < -0.39 is 0 Å². The molecule has 0 bridgehead atoms. The lowest BCUT2D eigenvalue weighted by atomic mass is 9.93. The van der Waals surface area contributed by atoms with Gasteiger partial charge in [-0.1, -0.05) is 158 Å². The Kier molecular flexibility index (Phi) is 8.68. The third-order valence-electron chi connectivity index (χ3n) is 11.1. The smallest absolute Gasteiger partial charge is 0.137 e. The molecule has 0 aliphatic carbocycles. The summed E-state index contributed by atoms with van der Waals surface area (Å²) in [5.74, 6) is 0. The maximum Gasteiger partial charge on any atom is 0.137 e. The van der Waals surface area contributed by atoms with E-state index in [0.717, 1.165) is 70.9 Å². The second-order valence-electron chi connectivity index (χ2n) is 14.7. The number of thiazole rings is 1. The van der Waals surface area contributed by atoms with Gasteiger partial charge in [0.05, 0.1) is 10.2 Å². The molecule has 4 heteroatoms. The molecular weight excluding hydrogens is 737 g/mol. The zero-order chi connectivity index (χ0) is 39.1. The lowest BCUT2D eigenvalue weighted by Gasteiger charge is -2.27. The summed E-state index contributed by atoms with van der Waals surface area (Å²) in [7, 11) is 0. The molecule has 59 heavy (non-hydrogen) atoms. The minimum Gasteiger partial charge on any atom is -0.456 e. The molecule has 0 saturated carbocycles. The van der Waals surface area contributed by atoms with Gasteiger partial charge in [-0.05, 0) is 105 Å². The average Bonchev–Trinajstić information content (AvgIpc) is 3.92. The van der Waals surface area contributed by atoms with Crippen LogP contribution in [0.3, 0.4) is 0 Å². The zero-order valence-electron chi connectivity index (χ0n) is 32.0. The SMILES string of the molecule is c1ccc(-c2ccc(N(c3ccc(-c4ccc5c(c4)oc4ccc6nc(-c7ccccc7)sc6c45)cc3)c3ccc(-c4ccccc4)c(-c4ccccc4)c3)cc2)cc1. The highest BCUT2D eigenvalue weighted by Gasteiger charge is 2.19. The van der Waals surface area contributed by atoms with Crippen LogP contribution in [-0.4, -0.2) is 4.98 Å². The van der Waals surface area contributed by atoms with Crippen molar-refractivity contribution in [1.29, 1.82) is 0 Å². The number of furan rings is 1. The monoisotopic (exact) mass is 772 g/mol. The van der Waals surface area contributed by atoms with Crippen LogP contribution < -0.4 is 4.90 Å². The number of hydrogen-bond acceptors (Lipinski definition) is 4. The second-order valence-corrected chi connectivity index (χ2v) is 15.7. The highest BCUT2D eigenvalue weighted by atomic mass is 32.1. The standard InChI is InChI=1S/C55H36N2OS/c1-5-13-37(14-6-1)38-21-26-44(27-22-38)57(46-30-32-47(40-15-7-2-8-16-40)49(36-46)41-17-9-3-10-18-41)45-28-23-39(24-29-45)43-25-31-48-52(35-43)58-51-34-33-50-54(53(48)51)59-55(56-50)42-19-11-4-12-20-42/h1-36H. The summed E-state index contributed by atoms with van der Waals surface area (Å²) >= 11 is 1.72. The first-order valence-corrected chi connectivity index (χ1v) is 20.7. The van der Waals surface area contributed by atoms with Crippen LogP contribution >= 0.6 is 11.3 Å². The van der Waals surface area contributed by atoms with Crippen molar-refractivity contribution in [3.63, 3.8) is 0 Å². The van der Waals surface area contributed by atoms with Crippen LogP contribution in [0.1, 0.15) is 0 Å². The van der Waals surface area contributed by atoms with Gasteiger partial charge in [-0.3, -0.25) is 0 Å². The first kappa shape index (κ1) is 34.7. The van der Waals surface area contributed by atoms with E-state index in [4.69, 9.17) is 9.40 Å². The predicted octanol–water partition coefficient (Wildman–Crippen LogP) is 16.0. The fourth-order valence-corrected chi connectivity index (χ4v) is 9.33. The number of benzene rings is 9. The van der Waals surface area contributed by atoms with Crippen molar-refractivity contribution in [1.82, 2.24) is 4.98 Å². The largest absolute Gasteiger partial charge is 0.456 e. The van der Waals surface area contributed by atoms with E-state index >= 15 is 0 Å². The number of fused-ring (bicyclic) bond motifs is 5. The Morgan fingerprint density at radius 2 is 0.881 bits per heavy atom. The molecule has 0 fully saturated rings. The maximum atomic E-state index is 6.52. The van der Waals surface area contributed by atoms with Crippen molar-refractivity contribution in [3.8, 4) is 55.1 Å². The van der Waals surface area contributed by atoms with Crippen LogP contribution in [0.4, 0.5) is 17.1 Å². The van der Waals surface area contributed by atoms with Crippen molar-refractivity contribution in [2.75, 3.05) is 4.90 Å². The van der Waals surface area contributed by atoms with Crippen LogP contribution in [0, 0.1) is 0 Å². The van der Waals surface area contributed by atoms with Crippen molar-refractivity contribution < 1.29 is 4.42 Å². The van der Waals surface area contributed by atoms with E-state index in [9.17, 15) is 0 Å². The Bertz CT molecular complexity index is 3230. The molecule has 0 atom stereocenters. The Balaban J connectivity index is 0.992. The summed E-state index contributed by atoms with van der Waals surface area (Å²) in [5, 5.41) is 3.25. The molecule has 0 spiro atoms. The minimum absolute atomic E-state index is 0.871. The van der Waals surface area contributed by atoms with Crippen LogP contribution in [0.15, 0.2) is 223 Å². The van der Waals surface area contributed by atoms with Gasteiger partial charge >= 0.3 is 0 Å². The molecular formula is C55H36N2OS. The molecule has 0 N–H and O–H groups in total. The van der Waals surface area contributed by atoms with Crippen molar-refractivity contribution in [2.24, 2.45) is 0 Å². The third-order valence-corrected chi connectivity index (χ3v) is 12.3. The molecule has 0 unspecified atom stereocenters. The van der Waals surface area contributed by atoms with E-state index in [-0.39, 0.29) is 0 Å². The van der Waals surface area contributed by atoms with Gasteiger partial charge in [0.1, 0.15) is 16.2 Å². The Morgan fingerprint density at radius 1 is 0.373 bits per heavy atom. The van der Waals surface area contributed by atoms with Crippen LogP contribution in [0.25, 0.3) is 87.2 Å². The summed E-state index contributed by atoms with van der Waals surface area (Å²) in [4.78, 5) is 7.33. The number of nitrogens with zero attached hydrogens (tertiary/aromatic N) is 2. The van der Waals surface area contributed by atoms with Gasteiger partial charge in [-0.25, -0.2) is 4.98 Å². The fraction of sp³-hybridized carbons (Fsp3) is 0. The Hall–Kier alpha value is -7.53. The van der Waals surface area contributed by atoms with E-state index in [1.165, 1.54) is 33.4 Å². The molecule has 2 heterocycles. The van der Waals surface area contributed by atoms with Gasteiger partial charge in [0.15, 0.2) is 0 Å². The van der Waals surface area contributed by atoms with Gasteiger partial charge < -0.3 is 9.32 Å². The quantitative estimate of drug-likeness (QED) is 0.154. The minimum atomic E-state index is 0.871. The highest BCUT2D eigenvalue weighted by molar-refractivity contribution is 7.22. The summed E-state index contributed by atoms with van der Waals surface area (Å²) in [6.45, 7) is 0. The van der Waals surface area contributed by atoms with Crippen molar-refractivity contribution in [3.05, 3.63) is 218 Å². The van der Waals surface area contributed by atoms with Gasteiger partial charge in [0, 0.05) is 33.4 Å².